The van der Waals surface area contributed by atoms with Crippen molar-refractivity contribution >= 4 is 17.5 Å². The average molecular weight is 308 g/mol. The molecule has 0 spiro atoms. The molecule has 0 fully saturated rings. The van der Waals surface area contributed by atoms with Crippen molar-refractivity contribution in [2.24, 2.45) is 0 Å². The highest BCUT2D eigenvalue weighted by atomic mass is 32.2. The zero-order valence-corrected chi connectivity index (χ0v) is 12.3. The van der Waals surface area contributed by atoms with E-state index < -0.39 is 11.6 Å². The molecule has 0 saturated carbocycles. The Morgan fingerprint density at radius 1 is 1.43 bits per heavy atom. The van der Waals surface area contributed by atoms with E-state index in [1.807, 2.05) is 0 Å². The number of nitrogens with one attached hydrogen (secondary N) is 1. The summed E-state index contributed by atoms with van der Waals surface area (Å²) in [5.74, 6) is -1.08. The van der Waals surface area contributed by atoms with Gasteiger partial charge >= 0.3 is 0 Å². The number of rotatable bonds is 4. The lowest BCUT2D eigenvalue weighted by Crippen LogP contribution is -2.08. The molecule has 5 nitrogen and oxygen atoms in total. The van der Waals surface area contributed by atoms with Gasteiger partial charge in [-0.05, 0) is 26.0 Å². The molecule has 0 amide bonds. The summed E-state index contributed by atoms with van der Waals surface area (Å²) in [6, 6.07) is 3.51. The number of hydrogen-bond acceptors (Lipinski definition) is 5. The van der Waals surface area contributed by atoms with Gasteiger partial charge < -0.3 is 10.1 Å². The van der Waals surface area contributed by atoms with Crippen molar-refractivity contribution < 1.29 is 14.3 Å². The van der Waals surface area contributed by atoms with Crippen LogP contribution >= 0.6 is 11.8 Å². The number of thioether (sulfide) groups is 1. The quantitative estimate of drug-likeness (QED) is 0.515. The first kappa shape index (κ1) is 15.2. The predicted octanol–water partition coefficient (Wildman–Crippen LogP) is 2.42. The number of carbonyl (C=O) groups is 1. The molecule has 110 valence electrons. The third-order valence-corrected chi connectivity index (χ3v) is 3.67. The number of hydrogen-bond donors (Lipinski definition) is 2. The summed E-state index contributed by atoms with van der Waals surface area (Å²) in [5.41, 5.74) is 0.498. The molecule has 7 heteroatoms. The van der Waals surface area contributed by atoms with Crippen molar-refractivity contribution in [3.8, 4) is 5.75 Å². The van der Waals surface area contributed by atoms with E-state index in [0.717, 1.165) is 23.9 Å². The van der Waals surface area contributed by atoms with Crippen molar-refractivity contribution in [1.82, 2.24) is 9.97 Å². The van der Waals surface area contributed by atoms with E-state index >= 15 is 0 Å². The second-order valence-corrected chi connectivity index (χ2v) is 5.46. The molecule has 0 unspecified atom stereocenters. The Bertz CT molecular complexity index is 758. The van der Waals surface area contributed by atoms with Crippen molar-refractivity contribution in [3.05, 3.63) is 51.2 Å². The average Bonchev–Trinajstić information content (AvgIpc) is 2.38. The number of carbonyl (C=O) groups excluding carboxylic acids is 1. The third kappa shape index (κ3) is 3.69. The van der Waals surface area contributed by atoms with Crippen LogP contribution in [-0.2, 0) is 5.75 Å². The van der Waals surface area contributed by atoms with E-state index in [1.54, 1.807) is 6.92 Å². The van der Waals surface area contributed by atoms with Crippen molar-refractivity contribution in [1.29, 1.82) is 0 Å². The standard InChI is InChI=1S/C14H13FN2O3S/c1-7-3-12(19)17-14(16-7)21-6-9-4-10(15)5-11(8(2)18)13(9)20/h3-5,20H,6H2,1-2H3,(H,16,17,19). The number of halogens is 1. The highest BCUT2D eigenvalue weighted by molar-refractivity contribution is 7.98. The number of phenolic OH excluding ortho intramolecular Hbond substituents is 1. The molecule has 2 rings (SSSR count). The Morgan fingerprint density at radius 3 is 2.76 bits per heavy atom. The van der Waals surface area contributed by atoms with Gasteiger partial charge in [0.2, 0.25) is 0 Å². The molecule has 0 radical (unpaired) electrons. The summed E-state index contributed by atoms with van der Waals surface area (Å²) < 4.78 is 13.5. The van der Waals surface area contributed by atoms with Gasteiger partial charge in [0.05, 0.1) is 5.56 Å². The van der Waals surface area contributed by atoms with Crippen LogP contribution in [0.1, 0.15) is 28.5 Å². The van der Waals surface area contributed by atoms with Gasteiger partial charge in [0.1, 0.15) is 11.6 Å². The number of aromatic amines is 1. The maximum Gasteiger partial charge on any atom is 0.251 e. The first-order valence-electron chi connectivity index (χ1n) is 6.10. The fourth-order valence-corrected chi connectivity index (χ4v) is 2.69. The number of aromatic hydroxyl groups is 1. The molecule has 0 atom stereocenters. The number of ketones is 1. The summed E-state index contributed by atoms with van der Waals surface area (Å²) in [5, 5.41) is 10.3. The first-order chi connectivity index (χ1) is 9.86. The largest absolute Gasteiger partial charge is 0.507 e. The number of Topliss-reactive ketones (excluding diaryl/α,β-unsaturated/α-hetero) is 1. The molecule has 1 aromatic carbocycles. The minimum atomic E-state index is -0.598. The van der Waals surface area contributed by atoms with Crippen LogP contribution in [-0.4, -0.2) is 20.9 Å². The van der Waals surface area contributed by atoms with Crippen LogP contribution in [0.4, 0.5) is 4.39 Å². The van der Waals surface area contributed by atoms with Crippen LogP contribution in [0, 0.1) is 12.7 Å². The zero-order chi connectivity index (χ0) is 15.6. The summed E-state index contributed by atoms with van der Waals surface area (Å²) >= 11 is 1.14. The summed E-state index contributed by atoms with van der Waals surface area (Å²) in [7, 11) is 0. The van der Waals surface area contributed by atoms with E-state index in [2.05, 4.69) is 9.97 Å². The molecular formula is C14H13FN2O3S. The summed E-state index contributed by atoms with van der Waals surface area (Å²) in [6.07, 6.45) is 0. The normalized spacial score (nSPS) is 10.6. The molecular weight excluding hydrogens is 295 g/mol. The van der Waals surface area contributed by atoms with E-state index in [-0.39, 0.29) is 28.2 Å². The zero-order valence-electron chi connectivity index (χ0n) is 11.4. The molecule has 1 heterocycles. The van der Waals surface area contributed by atoms with E-state index in [0.29, 0.717) is 10.9 Å². The SMILES string of the molecule is CC(=O)c1cc(F)cc(CSc2nc(C)cc(=O)[nH]2)c1O. The lowest BCUT2D eigenvalue weighted by molar-refractivity contribution is 0.101. The maximum absolute atomic E-state index is 13.5. The Morgan fingerprint density at radius 2 is 2.14 bits per heavy atom. The predicted molar refractivity (Wildman–Crippen MR) is 77.2 cm³/mol. The van der Waals surface area contributed by atoms with E-state index in [1.165, 1.54) is 13.0 Å². The van der Waals surface area contributed by atoms with Gasteiger partial charge in [-0.15, -0.1) is 0 Å². The van der Waals surface area contributed by atoms with E-state index in [4.69, 9.17) is 0 Å². The van der Waals surface area contributed by atoms with E-state index in [9.17, 15) is 19.1 Å². The number of nitrogens with zero attached hydrogens (tertiary/aromatic N) is 1. The lowest BCUT2D eigenvalue weighted by atomic mass is 10.1. The van der Waals surface area contributed by atoms with Crippen LogP contribution in [0.15, 0.2) is 28.2 Å². The summed E-state index contributed by atoms with van der Waals surface area (Å²) in [6.45, 7) is 2.94. The molecule has 0 aliphatic heterocycles. The fraction of sp³-hybridized carbons (Fsp3) is 0.214. The fourth-order valence-electron chi connectivity index (χ4n) is 1.80. The molecule has 0 saturated heterocycles. The van der Waals surface area contributed by atoms with Gasteiger partial charge in [-0.25, -0.2) is 9.37 Å². The van der Waals surface area contributed by atoms with Gasteiger partial charge in [-0.1, -0.05) is 11.8 Å². The minimum Gasteiger partial charge on any atom is -0.507 e. The van der Waals surface area contributed by atoms with Crippen LogP contribution < -0.4 is 5.56 Å². The van der Waals surface area contributed by atoms with Crippen LogP contribution in [0.2, 0.25) is 0 Å². The highest BCUT2D eigenvalue weighted by Gasteiger charge is 2.14. The molecule has 0 aliphatic carbocycles. The van der Waals surface area contributed by atoms with Gasteiger partial charge in [0.25, 0.3) is 5.56 Å². The third-order valence-electron chi connectivity index (χ3n) is 2.75. The Kier molecular flexibility index (Phi) is 4.42. The lowest BCUT2D eigenvalue weighted by Gasteiger charge is -2.08. The highest BCUT2D eigenvalue weighted by Crippen LogP contribution is 2.29. The number of aromatic nitrogens is 2. The number of phenols is 1. The Hall–Kier alpha value is -2.15. The van der Waals surface area contributed by atoms with Crippen molar-refractivity contribution in [2.45, 2.75) is 24.8 Å². The van der Waals surface area contributed by atoms with Crippen LogP contribution in [0.5, 0.6) is 5.75 Å². The number of H-pyrrole nitrogens is 1. The van der Waals surface area contributed by atoms with Crippen LogP contribution in [0.3, 0.4) is 0 Å². The maximum atomic E-state index is 13.5. The molecule has 0 aliphatic rings. The molecule has 1 aromatic heterocycles. The van der Waals surface area contributed by atoms with Gasteiger partial charge in [-0.3, -0.25) is 9.59 Å². The molecule has 2 N–H and O–H groups in total. The minimum absolute atomic E-state index is 0.0590. The van der Waals surface area contributed by atoms with Gasteiger partial charge in [0.15, 0.2) is 10.9 Å². The van der Waals surface area contributed by atoms with Crippen molar-refractivity contribution in [2.75, 3.05) is 0 Å². The number of benzene rings is 1. The smallest absolute Gasteiger partial charge is 0.251 e. The van der Waals surface area contributed by atoms with Gasteiger partial charge in [-0.2, -0.15) is 0 Å². The van der Waals surface area contributed by atoms with Gasteiger partial charge in [0, 0.05) is 23.1 Å². The Labute approximate surface area is 124 Å². The topological polar surface area (TPSA) is 83.0 Å². The monoisotopic (exact) mass is 308 g/mol. The second kappa shape index (κ2) is 6.09. The Balaban J connectivity index is 2.27. The molecule has 0 bridgehead atoms. The van der Waals surface area contributed by atoms with Crippen molar-refractivity contribution in [3.63, 3.8) is 0 Å². The number of aryl methyl sites for hydroxylation is 1. The summed E-state index contributed by atoms with van der Waals surface area (Å²) in [4.78, 5) is 29.3. The molecule has 21 heavy (non-hydrogen) atoms. The van der Waals surface area contributed by atoms with Crippen LogP contribution in [0.25, 0.3) is 0 Å². The molecule has 2 aromatic rings. The second-order valence-electron chi connectivity index (χ2n) is 4.50. The first-order valence-corrected chi connectivity index (χ1v) is 7.08.